The summed E-state index contributed by atoms with van der Waals surface area (Å²) in [6.45, 7) is 5.96. The van der Waals surface area contributed by atoms with Crippen LogP contribution in [0.4, 0.5) is 0 Å². The van der Waals surface area contributed by atoms with Crippen LogP contribution in [0.25, 0.3) is 0 Å². The maximum Gasteiger partial charge on any atom is 0.0696 e. The molecule has 2 nitrogen and oxygen atoms in total. The molecule has 0 aliphatic heterocycles. The Morgan fingerprint density at radius 2 is 1.54 bits per heavy atom. The summed E-state index contributed by atoms with van der Waals surface area (Å²) in [6, 6.07) is 7.22. The van der Waals surface area contributed by atoms with Crippen LogP contribution in [-0.2, 0) is 9.73 Å². The highest BCUT2D eigenvalue weighted by Gasteiger charge is 2.00. The molecule has 1 unspecified atom stereocenters. The molecule has 1 N–H and O–H groups in total. The normalized spacial score (nSPS) is 13.8. The third-order valence-electron chi connectivity index (χ3n) is 1.47. The highest BCUT2D eigenvalue weighted by atomic mass is 32.2. The van der Waals surface area contributed by atoms with E-state index in [9.17, 15) is 4.21 Å². The van der Waals surface area contributed by atoms with E-state index in [4.69, 9.17) is 4.78 Å². The fourth-order valence-corrected chi connectivity index (χ4v) is 1.45. The minimum absolute atomic E-state index is 0.600. The van der Waals surface area contributed by atoms with E-state index in [1.165, 1.54) is 6.26 Å². The van der Waals surface area contributed by atoms with Crippen molar-refractivity contribution in [3.63, 3.8) is 0 Å². The van der Waals surface area contributed by atoms with Crippen LogP contribution < -0.4 is 0 Å². The Hall–Kier alpha value is -0.830. The molecule has 1 rings (SSSR count). The maximum absolute atomic E-state index is 11.2. The summed E-state index contributed by atoms with van der Waals surface area (Å²) in [5, 5.41) is 0. The summed E-state index contributed by atoms with van der Waals surface area (Å²) in [4.78, 5) is 0.600. The van der Waals surface area contributed by atoms with Crippen LogP contribution in [-0.4, -0.2) is 10.5 Å². The van der Waals surface area contributed by atoms with Crippen LogP contribution in [0, 0.1) is 11.7 Å². The minimum atomic E-state index is -2.52. The molecule has 0 saturated carbocycles. The quantitative estimate of drug-likeness (QED) is 0.742. The second-order valence-electron chi connectivity index (χ2n) is 2.66. The van der Waals surface area contributed by atoms with Gasteiger partial charge in [0.15, 0.2) is 0 Å². The fourth-order valence-electron chi connectivity index (χ4n) is 0.798. The van der Waals surface area contributed by atoms with Crippen molar-refractivity contribution in [1.82, 2.24) is 0 Å². The van der Waals surface area contributed by atoms with Gasteiger partial charge in [0, 0.05) is 11.2 Å². The first-order valence-corrected chi connectivity index (χ1v) is 6.27. The molecule has 0 fully saturated rings. The molecular weight excluding hydrogens is 182 g/mol. The Kier molecular flexibility index (Phi) is 4.70. The molecule has 0 aliphatic carbocycles. The van der Waals surface area contributed by atoms with Gasteiger partial charge in [0.25, 0.3) is 0 Å². The number of nitrogens with one attached hydrogen (secondary N) is 1. The van der Waals surface area contributed by atoms with E-state index in [-0.39, 0.29) is 0 Å². The van der Waals surface area contributed by atoms with Crippen LogP contribution >= 0.6 is 0 Å². The van der Waals surface area contributed by atoms with Gasteiger partial charge in [-0.15, -0.1) is 0 Å². The van der Waals surface area contributed by atoms with Crippen molar-refractivity contribution in [3.05, 3.63) is 29.8 Å². The van der Waals surface area contributed by atoms with E-state index in [1.54, 1.807) is 12.1 Å². The lowest BCUT2D eigenvalue weighted by Gasteiger charge is -1.99. The van der Waals surface area contributed by atoms with E-state index in [0.29, 0.717) is 4.90 Å². The second-order valence-corrected chi connectivity index (χ2v) is 4.82. The maximum atomic E-state index is 11.2. The molecule has 0 spiro atoms. The van der Waals surface area contributed by atoms with Crippen molar-refractivity contribution < 1.29 is 4.21 Å². The molecule has 0 aromatic heterocycles. The van der Waals surface area contributed by atoms with Gasteiger partial charge in [0.05, 0.1) is 9.73 Å². The molecule has 3 heteroatoms. The van der Waals surface area contributed by atoms with Crippen LogP contribution in [0.2, 0.25) is 0 Å². The molecule has 74 valence electrons. The zero-order valence-corrected chi connectivity index (χ0v) is 9.44. The molecular formula is C10H17NOS. The number of aryl methyl sites for hydroxylation is 1. The first-order chi connectivity index (χ1) is 6.00. The lowest BCUT2D eigenvalue weighted by molar-refractivity contribution is 0.679. The summed E-state index contributed by atoms with van der Waals surface area (Å²) in [5.74, 6) is 0. The molecule has 1 aromatic carbocycles. The van der Waals surface area contributed by atoms with Crippen molar-refractivity contribution in [2.45, 2.75) is 25.7 Å². The Labute approximate surface area is 81.0 Å². The molecule has 1 atom stereocenters. The van der Waals surface area contributed by atoms with Crippen molar-refractivity contribution in [1.29, 1.82) is 4.78 Å². The summed E-state index contributed by atoms with van der Waals surface area (Å²) >= 11 is 0. The number of rotatable bonds is 1. The number of hydrogen-bond donors (Lipinski definition) is 1. The third kappa shape index (κ3) is 4.08. The van der Waals surface area contributed by atoms with Crippen LogP contribution in [0.15, 0.2) is 29.2 Å². The zero-order chi connectivity index (χ0) is 10.5. The first-order valence-electron chi connectivity index (χ1n) is 4.30. The molecule has 0 saturated heterocycles. The van der Waals surface area contributed by atoms with Gasteiger partial charge in [-0.2, -0.15) is 0 Å². The Morgan fingerprint density at radius 3 is 1.85 bits per heavy atom. The SMILES string of the molecule is CC.Cc1ccc(S(C)(=N)=O)cc1. The zero-order valence-electron chi connectivity index (χ0n) is 8.63. The van der Waals surface area contributed by atoms with Gasteiger partial charge in [-0.3, -0.25) is 0 Å². The van der Waals surface area contributed by atoms with Crippen LogP contribution in [0.5, 0.6) is 0 Å². The molecule has 0 amide bonds. The summed E-state index contributed by atoms with van der Waals surface area (Å²) in [5.41, 5.74) is 1.12. The average Bonchev–Trinajstić information content (AvgIpc) is 2.07. The Balaban J connectivity index is 0.000000671. The van der Waals surface area contributed by atoms with E-state index >= 15 is 0 Å². The second kappa shape index (κ2) is 5.02. The summed E-state index contributed by atoms with van der Waals surface area (Å²) < 4.78 is 18.4. The van der Waals surface area contributed by atoms with E-state index in [1.807, 2.05) is 32.9 Å². The summed E-state index contributed by atoms with van der Waals surface area (Å²) in [6.07, 6.45) is 1.43. The average molecular weight is 199 g/mol. The van der Waals surface area contributed by atoms with Gasteiger partial charge in [-0.1, -0.05) is 31.5 Å². The lowest BCUT2D eigenvalue weighted by atomic mass is 10.2. The van der Waals surface area contributed by atoms with Crippen molar-refractivity contribution in [3.8, 4) is 0 Å². The molecule has 0 aliphatic rings. The number of hydrogen-bond acceptors (Lipinski definition) is 2. The van der Waals surface area contributed by atoms with Gasteiger partial charge in [0.2, 0.25) is 0 Å². The van der Waals surface area contributed by atoms with E-state index in [0.717, 1.165) is 5.56 Å². The van der Waals surface area contributed by atoms with Crippen LogP contribution in [0.1, 0.15) is 19.4 Å². The smallest absolute Gasteiger partial charge is 0.0696 e. The largest absolute Gasteiger partial charge is 0.249 e. The molecule has 0 bridgehead atoms. The molecule has 0 radical (unpaired) electrons. The molecule has 0 heterocycles. The van der Waals surface area contributed by atoms with Crippen molar-refractivity contribution in [2.24, 2.45) is 0 Å². The minimum Gasteiger partial charge on any atom is -0.249 e. The predicted molar refractivity (Wildman–Crippen MR) is 57.6 cm³/mol. The van der Waals surface area contributed by atoms with Gasteiger partial charge in [-0.25, -0.2) is 8.99 Å². The highest BCUT2D eigenvalue weighted by molar-refractivity contribution is 7.91. The Bertz CT molecular complexity index is 338. The van der Waals surface area contributed by atoms with E-state index in [2.05, 4.69) is 0 Å². The Morgan fingerprint density at radius 1 is 1.15 bits per heavy atom. The number of benzene rings is 1. The molecule has 13 heavy (non-hydrogen) atoms. The highest BCUT2D eigenvalue weighted by Crippen LogP contribution is 2.09. The van der Waals surface area contributed by atoms with Gasteiger partial charge < -0.3 is 0 Å². The van der Waals surface area contributed by atoms with E-state index < -0.39 is 9.73 Å². The van der Waals surface area contributed by atoms with Crippen molar-refractivity contribution in [2.75, 3.05) is 6.26 Å². The predicted octanol–water partition coefficient (Wildman–Crippen LogP) is 3.06. The summed E-state index contributed by atoms with van der Waals surface area (Å²) in [7, 11) is -2.52. The van der Waals surface area contributed by atoms with Gasteiger partial charge >= 0.3 is 0 Å². The van der Waals surface area contributed by atoms with Gasteiger partial charge in [-0.05, 0) is 19.1 Å². The topological polar surface area (TPSA) is 40.9 Å². The van der Waals surface area contributed by atoms with Crippen LogP contribution in [0.3, 0.4) is 0 Å². The van der Waals surface area contributed by atoms with Gasteiger partial charge in [0.1, 0.15) is 0 Å². The third-order valence-corrected chi connectivity index (χ3v) is 2.64. The first kappa shape index (κ1) is 12.2. The standard InChI is InChI=1S/C8H11NOS.C2H6/c1-7-3-5-8(6-4-7)11(2,9)10;1-2/h3-6,9H,1-2H3;1-2H3. The lowest BCUT2D eigenvalue weighted by Crippen LogP contribution is -1.93. The monoisotopic (exact) mass is 199 g/mol. The molecule has 1 aromatic rings. The fraction of sp³-hybridized carbons (Fsp3) is 0.400. The van der Waals surface area contributed by atoms with Crippen molar-refractivity contribution >= 4 is 9.73 Å².